The van der Waals surface area contributed by atoms with Crippen molar-refractivity contribution >= 4 is 44.3 Å². The van der Waals surface area contributed by atoms with E-state index in [1.807, 2.05) is 42.5 Å². The number of pyridine rings is 1. The van der Waals surface area contributed by atoms with Gasteiger partial charge in [-0.15, -0.1) is 0 Å². The van der Waals surface area contributed by atoms with Crippen molar-refractivity contribution in [3.05, 3.63) is 57.8 Å². The minimum atomic E-state index is -0.0222. The van der Waals surface area contributed by atoms with Gasteiger partial charge in [-0.3, -0.25) is 4.79 Å². The van der Waals surface area contributed by atoms with Crippen LogP contribution in [0.5, 0.6) is 0 Å². The molecule has 4 aromatic rings. The molecule has 0 aliphatic carbocycles. The van der Waals surface area contributed by atoms with Gasteiger partial charge in [0, 0.05) is 33.7 Å². The number of nitrogens with one attached hydrogen (secondary N) is 1. The lowest BCUT2D eigenvalue weighted by molar-refractivity contribution is 0.915. The van der Waals surface area contributed by atoms with E-state index in [9.17, 15) is 4.79 Å². The van der Waals surface area contributed by atoms with Crippen molar-refractivity contribution in [2.45, 2.75) is 0 Å². The summed E-state index contributed by atoms with van der Waals surface area (Å²) in [6.07, 6.45) is 0. The monoisotopic (exact) mass is 282 g/mol. The summed E-state index contributed by atoms with van der Waals surface area (Å²) in [5, 5.41) is 3.66. The molecule has 0 saturated carbocycles. The predicted molar refractivity (Wildman–Crippen MR) is 83.6 cm³/mol. The number of benzene rings is 2. The Morgan fingerprint density at radius 3 is 2.75 bits per heavy atom. The van der Waals surface area contributed by atoms with Gasteiger partial charge < -0.3 is 9.55 Å². The first-order chi connectivity index (χ1) is 9.66. The number of aryl methyl sites for hydroxylation is 1. The average Bonchev–Trinajstić information content (AvgIpc) is 2.83. The summed E-state index contributed by atoms with van der Waals surface area (Å²) in [7, 11) is 1.79. The Kier molecular flexibility index (Phi) is 2.24. The van der Waals surface area contributed by atoms with Gasteiger partial charge >= 0.3 is 0 Å². The van der Waals surface area contributed by atoms with E-state index in [-0.39, 0.29) is 5.56 Å². The van der Waals surface area contributed by atoms with E-state index in [2.05, 4.69) is 4.98 Å². The van der Waals surface area contributed by atoms with Crippen LogP contribution in [0, 0.1) is 0 Å². The molecule has 2 aromatic carbocycles. The van der Waals surface area contributed by atoms with Gasteiger partial charge in [-0.25, -0.2) is 0 Å². The van der Waals surface area contributed by atoms with Crippen LogP contribution >= 0.6 is 11.6 Å². The summed E-state index contributed by atoms with van der Waals surface area (Å²) in [4.78, 5) is 15.7. The Labute approximate surface area is 119 Å². The second-order valence-electron chi connectivity index (χ2n) is 4.95. The van der Waals surface area contributed by atoms with Crippen molar-refractivity contribution in [1.82, 2.24) is 9.55 Å². The minimum absolute atomic E-state index is 0.0222. The first-order valence-corrected chi connectivity index (χ1v) is 6.73. The Morgan fingerprint density at radius 2 is 1.90 bits per heavy atom. The number of para-hydroxylation sites is 1. The van der Waals surface area contributed by atoms with Crippen molar-refractivity contribution in [1.29, 1.82) is 0 Å². The van der Waals surface area contributed by atoms with Crippen LogP contribution in [-0.4, -0.2) is 9.55 Å². The lowest BCUT2D eigenvalue weighted by atomic mass is 10.1. The molecule has 0 aliphatic rings. The molecule has 4 heteroatoms. The fraction of sp³-hybridized carbons (Fsp3) is 0.0625. The molecule has 2 heterocycles. The smallest absolute Gasteiger partial charge is 0.275 e. The molecule has 0 radical (unpaired) electrons. The third-order valence-electron chi connectivity index (χ3n) is 3.81. The fourth-order valence-corrected chi connectivity index (χ4v) is 3.03. The SMILES string of the molecule is Cn1c(=O)c2[nH]c3ccc(Cl)cc3c2c2ccccc21. The van der Waals surface area contributed by atoms with Crippen LogP contribution in [0.25, 0.3) is 32.7 Å². The number of H-pyrrole nitrogens is 1. The molecule has 0 unspecified atom stereocenters. The quantitative estimate of drug-likeness (QED) is 0.523. The van der Waals surface area contributed by atoms with Gasteiger partial charge in [0.25, 0.3) is 5.56 Å². The molecule has 20 heavy (non-hydrogen) atoms. The molecule has 0 amide bonds. The normalized spacial score (nSPS) is 11.7. The number of halogens is 1. The second kappa shape index (κ2) is 3.87. The Balaban J connectivity index is 2.44. The van der Waals surface area contributed by atoms with Crippen LogP contribution in [0.15, 0.2) is 47.3 Å². The number of hydrogen-bond acceptors (Lipinski definition) is 1. The summed E-state index contributed by atoms with van der Waals surface area (Å²) in [6.45, 7) is 0. The first kappa shape index (κ1) is 11.6. The molecule has 3 nitrogen and oxygen atoms in total. The number of nitrogens with zero attached hydrogens (tertiary/aromatic N) is 1. The molecular formula is C16H11ClN2O. The molecule has 0 fully saturated rings. The van der Waals surface area contributed by atoms with E-state index in [4.69, 9.17) is 11.6 Å². The topological polar surface area (TPSA) is 37.8 Å². The molecule has 1 N–H and O–H groups in total. The maximum atomic E-state index is 12.5. The number of aromatic nitrogens is 2. The van der Waals surface area contributed by atoms with E-state index in [0.29, 0.717) is 10.5 Å². The van der Waals surface area contributed by atoms with Crippen LogP contribution in [-0.2, 0) is 7.05 Å². The molecular weight excluding hydrogens is 272 g/mol. The number of hydrogen-bond donors (Lipinski definition) is 1. The van der Waals surface area contributed by atoms with Crippen LogP contribution in [0.4, 0.5) is 0 Å². The largest absolute Gasteiger partial charge is 0.350 e. The summed E-state index contributed by atoms with van der Waals surface area (Å²) in [6, 6.07) is 13.6. The zero-order chi connectivity index (χ0) is 13.9. The Bertz CT molecular complexity index is 1040. The highest BCUT2D eigenvalue weighted by Gasteiger charge is 2.13. The highest BCUT2D eigenvalue weighted by Crippen LogP contribution is 2.31. The van der Waals surface area contributed by atoms with Crippen molar-refractivity contribution in [2.75, 3.05) is 0 Å². The molecule has 4 rings (SSSR count). The van der Waals surface area contributed by atoms with Crippen molar-refractivity contribution in [3.63, 3.8) is 0 Å². The first-order valence-electron chi connectivity index (χ1n) is 6.35. The maximum Gasteiger partial charge on any atom is 0.275 e. The summed E-state index contributed by atoms with van der Waals surface area (Å²) in [5.74, 6) is 0. The number of rotatable bonds is 0. The number of fused-ring (bicyclic) bond motifs is 5. The van der Waals surface area contributed by atoms with Crippen LogP contribution in [0.3, 0.4) is 0 Å². The van der Waals surface area contributed by atoms with Crippen LogP contribution < -0.4 is 5.56 Å². The molecule has 2 aromatic heterocycles. The molecule has 0 spiro atoms. The summed E-state index contributed by atoms with van der Waals surface area (Å²) in [5.41, 5.74) is 2.46. The van der Waals surface area contributed by atoms with Gasteiger partial charge in [0.1, 0.15) is 5.52 Å². The second-order valence-corrected chi connectivity index (χ2v) is 5.38. The van der Waals surface area contributed by atoms with E-state index < -0.39 is 0 Å². The third kappa shape index (κ3) is 1.38. The van der Waals surface area contributed by atoms with Crippen molar-refractivity contribution in [2.24, 2.45) is 7.05 Å². The lowest BCUT2D eigenvalue weighted by Gasteiger charge is -2.06. The zero-order valence-corrected chi connectivity index (χ0v) is 11.5. The van der Waals surface area contributed by atoms with Gasteiger partial charge in [0.15, 0.2) is 0 Å². The van der Waals surface area contributed by atoms with Gasteiger partial charge in [-0.2, -0.15) is 0 Å². The fourth-order valence-electron chi connectivity index (χ4n) is 2.86. The summed E-state index contributed by atoms with van der Waals surface area (Å²) >= 11 is 6.10. The minimum Gasteiger partial charge on any atom is -0.350 e. The predicted octanol–water partition coefficient (Wildman–Crippen LogP) is 3.83. The standard InChI is InChI=1S/C16H11ClN2O/c1-19-13-5-3-2-4-10(13)14-11-8-9(17)6-7-12(11)18-15(14)16(19)20/h2-8,18H,1H3. The van der Waals surface area contributed by atoms with Crippen LogP contribution in [0.2, 0.25) is 5.02 Å². The zero-order valence-electron chi connectivity index (χ0n) is 10.8. The molecule has 0 saturated heterocycles. The molecule has 0 bridgehead atoms. The molecule has 0 atom stereocenters. The van der Waals surface area contributed by atoms with Crippen molar-refractivity contribution in [3.8, 4) is 0 Å². The third-order valence-corrected chi connectivity index (χ3v) is 4.05. The van der Waals surface area contributed by atoms with Gasteiger partial charge in [0.05, 0.1) is 5.52 Å². The molecule has 0 aliphatic heterocycles. The highest BCUT2D eigenvalue weighted by atomic mass is 35.5. The van der Waals surface area contributed by atoms with Gasteiger partial charge in [0.2, 0.25) is 0 Å². The van der Waals surface area contributed by atoms with E-state index in [0.717, 1.165) is 27.2 Å². The number of aromatic amines is 1. The van der Waals surface area contributed by atoms with Crippen LogP contribution in [0.1, 0.15) is 0 Å². The Hall–Kier alpha value is -2.26. The molecule has 98 valence electrons. The van der Waals surface area contributed by atoms with E-state index in [1.54, 1.807) is 11.6 Å². The Morgan fingerprint density at radius 1 is 1.10 bits per heavy atom. The maximum absolute atomic E-state index is 12.5. The van der Waals surface area contributed by atoms with E-state index in [1.165, 1.54) is 0 Å². The van der Waals surface area contributed by atoms with Gasteiger partial charge in [-0.1, -0.05) is 29.8 Å². The van der Waals surface area contributed by atoms with Crippen molar-refractivity contribution < 1.29 is 0 Å². The summed E-state index contributed by atoms with van der Waals surface area (Å²) < 4.78 is 1.68. The van der Waals surface area contributed by atoms with Gasteiger partial charge in [-0.05, 0) is 24.3 Å². The van der Waals surface area contributed by atoms with E-state index >= 15 is 0 Å². The highest BCUT2D eigenvalue weighted by molar-refractivity contribution is 6.32. The average molecular weight is 283 g/mol. The lowest BCUT2D eigenvalue weighted by Crippen LogP contribution is -2.17.